The van der Waals surface area contributed by atoms with Crippen LogP contribution in [0, 0.1) is 0 Å². The van der Waals surface area contributed by atoms with E-state index in [0.29, 0.717) is 12.3 Å². The maximum Gasteiger partial charge on any atom is 0.278 e. The van der Waals surface area contributed by atoms with E-state index in [1.54, 1.807) is 19.1 Å². The van der Waals surface area contributed by atoms with Gasteiger partial charge in [-0.15, -0.1) is 10.2 Å². The third kappa shape index (κ3) is 4.46. The van der Waals surface area contributed by atoms with Crippen LogP contribution in [0.3, 0.4) is 0 Å². The molecular weight excluding hydrogens is 321 g/mol. The summed E-state index contributed by atoms with van der Waals surface area (Å²) in [4.78, 5) is 13.3. The number of rotatable bonds is 5. The van der Waals surface area contributed by atoms with Crippen molar-refractivity contribution in [2.24, 2.45) is 10.2 Å². The van der Waals surface area contributed by atoms with E-state index in [4.69, 9.17) is 16.5 Å². The molecule has 1 rings (SSSR count). The molecule has 5 nitrogen and oxygen atoms in total. The SMILES string of the molecule is CCO/C(N=Nc1ccccc1)=C(\Br)C(=O)NCl. The Bertz CT molecular complexity index is 463. The van der Waals surface area contributed by atoms with Crippen molar-refractivity contribution >= 4 is 39.3 Å². The molecule has 0 saturated heterocycles. The molecule has 7 heteroatoms. The van der Waals surface area contributed by atoms with Gasteiger partial charge in [0.15, 0.2) is 0 Å². The molecule has 0 unspecified atom stereocenters. The first-order chi connectivity index (χ1) is 8.69. The molecule has 0 atom stereocenters. The summed E-state index contributed by atoms with van der Waals surface area (Å²) in [6, 6.07) is 9.10. The first-order valence-electron chi connectivity index (χ1n) is 5.09. The normalized spacial score (nSPS) is 12.2. The van der Waals surface area contributed by atoms with E-state index in [1.165, 1.54) is 0 Å². The largest absolute Gasteiger partial charge is 0.476 e. The topological polar surface area (TPSA) is 63.1 Å². The quantitative estimate of drug-likeness (QED) is 0.387. The molecule has 0 aliphatic rings. The van der Waals surface area contributed by atoms with Crippen LogP contribution >= 0.6 is 27.7 Å². The molecule has 0 heterocycles. The number of halogens is 2. The van der Waals surface area contributed by atoms with Gasteiger partial charge in [-0.25, -0.2) is 0 Å². The number of hydrogen-bond acceptors (Lipinski definition) is 4. The molecular formula is C11H11BrClN3O2. The Morgan fingerprint density at radius 1 is 1.44 bits per heavy atom. The Kier molecular flexibility index (Phi) is 6.38. The molecule has 1 amide bonds. The second kappa shape index (κ2) is 7.84. The Morgan fingerprint density at radius 3 is 2.67 bits per heavy atom. The van der Waals surface area contributed by atoms with Gasteiger partial charge in [0.1, 0.15) is 4.48 Å². The third-order valence-electron chi connectivity index (χ3n) is 1.77. The average molecular weight is 333 g/mol. The van der Waals surface area contributed by atoms with Crippen LogP contribution in [0.2, 0.25) is 0 Å². The number of carbonyl (C=O) groups is 1. The Morgan fingerprint density at radius 2 is 2.11 bits per heavy atom. The van der Waals surface area contributed by atoms with Gasteiger partial charge in [0, 0.05) is 11.8 Å². The van der Waals surface area contributed by atoms with Crippen molar-refractivity contribution in [3.8, 4) is 0 Å². The molecule has 96 valence electrons. The summed E-state index contributed by atoms with van der Waals surface area (Å²) in [5.41, 5.74) is 0.654. The van der Waals surface area contributed by atoms with E-state index < -0.39 is 5.91 Å². The van der Waals surface area contributed by atoms with Crippen molar-refractivity contribution in [2.45, 2.75) is 6.92 Å². The molecule has 0 aromatic heterocycles. The van der Waals surface area contributed by atoms with Crippen LogP contribution in [0.15, 0.2) is 50.9 Å². The van der Waals surface area contributed by atoms with Gasteiger partial charge in [0.05, 0.1) is 12.3 Å². The van der Waals surface area contributed by atoms with Crippen molar-refractivity contribution < 1.29 is 9.53 Å². The summed E-state index contributed by atoms with van der Waals surface area (Å²) in [6.07, 6.45) is 0. The third-order valence-corrected chi connectivity index (χ3v) is 2.64. The van der Waals surface area contributed by atoms with Gasteiger partial charge in [-0.3, -0.25) is 9.63 Å². The molecule has 0 fully saturated rings. The molecule has 0 aliphatic carbocycles. The van der Waals surface area contributed by atoms with Crippen LogP contribution in [0.1, 0.15) is 6.92 Å². The van der Waals surface area contributed by atoms with Crippen LogP contribution in [0.5, 0.6) is 0 Å². The molecule has 0 spiro atoms. The Hall–Kier alpha value is -1.40. The summed E-state index contributed by atoms with van der Waals surface area (Å²) in [5.74, 6) is -0.480. The van der Waals surface area contributed by atoms with E-state index in [9.17, 15) is 4.79 Å². The Balaban J connectivity index is 2.93. The summed E-state index contributed by atoms with van der Waals surface area (Å²) in [7, 11) is 0. The standard InChI is InChI=1S/C11H11BrClN3O2/c1-2-18-11(9(12)10(17)14-13)16-15-8-6-4-3-5-7-8/h3-7H,2H2,1H3,(H,14,17)/b11-9-,16-15?. The minimum atomic E-state index is -0.549. The van der Waals surface area contributed by atoms with E-state index in [2.05, 4.69) is 26.2 Å². The second-order valence-electron chi connectivity index (χ2n) is 3.01. The van der Waals surface area contributed by atoms with Crippen molar-refractivity contribution in [3.05, 3.63) is 40.7 Å². The summed E-state index contributed by atoms with van der Waals surface area (Å²) in [6.45, 7) is 2.13. The van der Waals surface area contributed by atoms with E-state index >= 15 is 0 Å². The molecule has 1 aromatic carbocycles. The number of ether oxygens (including phenoxy) is 1. The summed E-state index contributed by atoms with van der Waals surface area (Å²) >= 11 is 8.27. The van der Waals surface area contributed by atoms with Gasteiger partial charge < -0.3 is 4.74 Å². The van der Waals surface area contributed by atoms with Crippen molar-refractivity contribution in [1.29, 1.82) is 0 Å². The van der Waals surface area contributed by atoms with Crippen LogP contribution in [0.4, 0.5) is 5.69 Å². The Labute approximate surface area is 118 Å². The van der Waals surface area contributed by atoms with Gasteiger partial charge >= 0.3 is 0 Å². The maximum absolute atomic E-state index is 11.3. The molecule has 0 bridgehead atoms. The first kappa shape index (κ1) is 14.7. The fraction of sp³-hybridized carbons (Fsp3) is 0.182. The van der Waals surface area contributed by atoms with Gasteiger partial charge in [-0.05, 0) is 35.0 Å². The fourth-order valence-corrected chi connectivity index (χ4v) is 1.51. The van der Waals surface area contributed by atoms with E-state index in [1.807, 2.05) is 23.0 Å². The maximum atomic E-state index is 11.3. The summed E-state index contributed by atoms with van der Waals surface area (Å²) < 4.78 is 5.28. The molecule has 18 heavy (non-hydrogen) atoms. The smallest absolute Gasteiger partial charge is 0.278 e. The molecule has 0 radical (unpaired) electrons. The van der Waals surface area contributed by atoms with E-state index in [0.717, 1.165) is 0 Å². The number of hydrogen-bond donors (Lipinski definition) is 1. The average Bonchev–Trinajstić information content (AvgIpc) is 2.43. The van der Waals surface area contributed by atoms with Crippen LogP contribution in [-0.4, -0.2) is 12.5 Å². The van der Waals surface area contributed by atoms with Crippen molar-refractivity contribution in [3.63, 3.8) is 0 Å². The van der Waals surface area contributed by atoms with Gasteiger partial charge in [-0.2, -0.15) is 0 Å². The zero-order valence-electron chi connectivity index (χ0n) is 9.56. The highest BCUT2D eigenvalue weighted by Gasteiger charge is 2.13. The molecule has 1 N–H and O–H groups in total. The van der Waals surface area contributed by atoms with Crippen LogP contribution in [-0.2, 0) is 9.53 Å². The highest BCUT2D eigenvalue weighted by Crippen LogP contribution is 2.19. The minimum absolute atomic E-state index is 0.0690. The lowest BCUT2D eigenvalue weighted by Crippen LogP contribution is -2.13. The number of azo groups is 1. The zero-order chi connectivity index (χ0) is 13.4. The second-order valence-corrected chi connectivity index (χ2v) is 3.99. The lowest BCUT2D eigenvalue weighted by Gasteiger charge is -2.04. The van der Waals surface area contributed by atoms with Gasteiger partial charge in [0.2, 0.25) is 0 Å². The predicted molar refractivity (Wildman–Crippen MR) is 72.5 cm³/mol. The zero-order valence-corrected chi connectivity index (χ0v) is 11.9. The predicted octanol–water partition coefficient (Wildman–Crippen LogP) is 3.64. The lowest BCUT2D eigenvalue weighted by molar-refractivity contribution is -0.115. The number of amides is 1. The van der Waals surface area contributed by atoms with Crippen LogP contribution in [0.25, 0.3) is 0 Å². The number of benzene rings is 1. The first-order valence-corrected chi connectivity index (χ1v) is 6.26. The van der Waals surface area contributed by atoms with Gasteiger partial charge in [-0.1, -0.05) is 18.2 Å². The number of carbonyl (C=O) groups excluding carboxylic acids is 1. The molecule has 0 saturated carbocycles. The highest BCUT2D eigenvalue weighted by atomic mass is 79.9. The number of nitrogens with zero attached hydrogens (tertiary/aromatic N) is 2. The van der Waals surface area contributed by atoms with Gasteiger partial charge in [0.25, 0.3) is 11.8 Å². The van der Waals surface area contributed by atoms with Crippen molar-refractivity contribution in [2.75, 3.05) is 6.61 Å². The number of nitrogens with one attached hydrogen (secondary N) is 1. The minimum Gasteiger partial charge on any atom is -0.476 e. The molecule has 0 aliphatic heterocycles. The summed E-state index contributed by atoms with van der Waals surface area (Å²) in [5, 5.41) is 7.82. The highest BCUT2D eigenvalue weighted by molar-refractivity contribution is 9.12. The fourth-order valence-electron chi connectivity index (χ4n) is 1.01. The van der Waals surface area contributed by atoms with Crippen LogP contribution < -0.4 is 4.84 Å². The lowest BCUT2D eigenvalue weighted by atomic mass is 10.3. The molecule has 1 aromatic rings. The van der Waals surface area contributed by atoms with Crippen molar-refractivity contribution in [1.82, 2.24) is 4.84 Å². The monoisotopic (exact) mass is 331 g/mol. The van der Waals surface area contributed by atoms with E-state index in [-0.39, 0.29) is 10.4 Å².